The Morgan fingerprint density at radius 1 is 1.47 bits per heavy atom. The molecule has 0 saturated carbocycles. The number of carbonyl (C=O) groups excluding carboxylic acids is 1. The van der Waals surface area contributed by atoms with Gasteiger partial charge in [-0.15, -0.1) is 0 Å². The van der Waals surface area contributed by atoms with Gasteiger partial charge in [0.15, 0.2) is 9.84 Å². The molecular weight excluding hydrogens is 282 g/mol. The normalized spacial score (nSPS) is 11.3. The van der Waals surface area contributed by atoms with Crippen LogP contribution in [0.4, 0.5) is 0 Å². The number of benzene rings is 1. The summed E-state index contributed by atoms with van der Waals surface area (Å²) in [6, 6.07) is 4.80. The van der Waals surface area contributed by atoms with Gasteiger partial charge in [-0.25, -0.2) is 8.42 Å². The van der Waals surface area contributed by atoms with Crippen molar-refractivity contribution < 1.29 is 13.2 Å². The Labute approximate surface area is 96.5 Å². The smallest absolute Gasteiger partial charge is 0.233 e. The predicted octanol–water partition coefficient (Wildman–Crippen LogP) is 1.02. The topological polar surface area (TPSA) is 77.2 Å². The van der Waals surface area contributed by atoms with E-state index in [1.807, 2.05) is 6.92 Å². The predicted molar refractivity (Wildman–Crippen MR) is 60.1 cm³/mol. The van der Waals surface area contributed by atoms with Crippen LogP contribution in [0.2, 0.25) is 0 Å². The van der Waals surface area contributed by atoms with E-state index in [1.165, 1.54) is 6.07 Å². The quantitative estimate of drug-likeness (QED) is 0.903. The third-order valence-corrected chi connectivity index (χ3v) is 4.36. The molecular formula is C9H10BrNO3S. The van der Waals surface area contributed by atoms with Crippen LogP contribution in [0.5, 0.6) is 0 Å². The van der Waals surface area contributed by atoms with E-state index in [9.17, 15) is 13.2 Å². The molecule has 82 valence electrons. The number of amides is 1. The summed E-state index contributed by atoms with van der Waals surface area (Å²) in [5, 5.41) is 0. The number of hydrogen-bond donors (Lipinski definition) is 1. The molecule has 0 fully saturated rings. The molecule has 0 spiro atoms. The highest BCUT2D eigenvalue weighted by atomic mass is 79.9. The minimum absolute atomic E-state index is 0.0897. The van der Waals surface area contributed by atoms with E-state index < -0.39 is 21.5 Å². The maximum Gasteiger partial charge on any atom is 0.233 e. The van der Waals surface area contributed by atoms with Crippen molar-refractivity contribution in [2.75, 3.05) is 5.75 Å². The van der Waals surface area contributed by atoms with Crippen molar-refractivity contribution in [3.63, 3.8) is 0 Å². The summed E-state index contributed by atoms with van der Waals surface area (Å²) in [6.07, 6.45) is 0. The number of aryl methyl sites for hydroxylation is 1. The van der Waals surface area contributed by atoms with Crippen LogP contribution in [-0.2, 0) is 14.6 Å². The number of rotatable bonds is 3. The fourth-order valence-corrected chi connectivity index (χ4v) is 3.52. The first-order valence-corrected chi connectivity index (χ1v) is 6.54. The second-order valence-electron chi connectivity index (χ2n) is 3.16. The molecule has 0 aliphatic carbocycles. The maximum atomic E-state index is 11.6. The Morgan fingerprint density at radius 3 is 2.53 bits per heavy atom. The van der Waals surface area contributed by atoms with Crippen molar-refractivity contribution in [1.82, 2.24) is 0 Å². The number of primary amides is 1. The monoisotopic (exact) mass is 291 g/mol. The molecule has 0 aliphatic heterocycles. The lowest BCUT2D eigenvalue weighted by molar-refractivity contribution is -0.115. The molecule has 0 atom stereocenters. The summed E-state index contributed by atoms with van der Waals surface area (Å²) in [5.74, 6) is -1.53. The first-order valence-electron chi connectivity index (χ1n) is 4.10. The van der Waals surface area contributed by atoms with Gasteiger partial charge in [-0.2, -0.15) is 0 Å². The Kier molecular flexibility index (Phi) is 3.51. The summed E-state index contributed by atoms with van der Waals surface area (Å²) in [7, 11) is -3.63. The lowest BCUT2D eigenvalue weighted by Crippen LogP contribution is -2.23. The first-order chi connectivity index (χ1) is 6.83. The number of carbonyl (C=O) groups is 1. The summed E-state index contributed by atoms with van der Waals surface area (Å²) in [4.78, 5) is 10.7. The molecule has 1 aromatic carbocycles. The Bertz CT molecular complexity index is 496. The van der Waals surface area contributed by atoms with E-state index in [4.69, 9.17) is 5.73 Å². The van der Waals surface area contributed by atoms with Crippen LogP contribution in [-0.4, -0.2) is 20.1 Å². The van der Waals surface area contributed by atoms with Crippen molar-refractivity contribution in [3.8, 4) is 0 Å². The molecule has 6 heteroatoms. The summed E-state index contributed by atoms with van der Waals surface area (Å²) in [5.41, 5.74) is 5.79. The number of sulfone groups is 1. The van der Waals surface area contributed by atoms with Gasteiger partial charge in [0.25, 0.3) is 0 Å². The minimum Gasteiger partial charge on any atom is -0.369 e. The van der Waals surface area contributed by atoms with E-state index in [-0.39, 0.29) is 4.90 Å². The third kappa shape index (κ3) is 3.04. The third-order valence-electron chi connectivity index (χ3n) is 1.75. The molecule has 4 nitrogen and oxygen atoms in total. The van der Waals surface area contributed by atoms with Crippen LogP contribution < -0.4 is 5.73 Å². The van der Waals surface area contributed by atoms with Gasteiger partial charge in [-0.1, -0.05) is 6.07 Å². The standard InChI is InChI=1S/C9H10BrNO3S/c1-6-2-3-8(7(10)4-6)15(13,14)5-9(11)12/h2-4H,5H2,1H3,(H2,11,12). The van der Waals surface area contributed by atoms with Crippen LogP contribution >= 0.6 is 15.9 Å². The van der Waals surface area contributed by atoms with Gasteiger partial charge in [0, 0.05) is 4.47 Å². The Balaban J connectivity index is 3.22. The summed E-state index contributed by atoms with van der Waals surface area (Å²) >= 11 is 3.14. The van der Waals surface area contributed by atoms with Gasteiger partial charge in [-0.05, 0) is 40.5 Å². The maximum absolute atomic E-state index is 11.6. The number of nitrogens with two attached hydrogens (primary N) is 1. The molecule has 0 radical (unpaired) electrons. The van der Waals surface area contributed by atoms with Crippen molar-refractivity contribution in [3.05, 3.63) is 28.2 Å². The SMILES string of the molecule is Cc1ccc(S(=O)(=O)CC(N)=O)c(Br)c1. The van der Waals surface area contributed by atoms with Crippen molar-refractivity contribution in [2.45, 2.75) is 11.8 Å². The van der Waals surface area contributed by atoms with Crippen LogP contribution in [0.3, 0.4) is 0 Å². The zero-order chi connectivity index (χ0) is 11.6. The highest BCUT2D eigenvalue weighted by Gasteiger charge is 2.20. The van der Waals surface area contributed by atoms with Crippen LogP contribution in [0.1, 0.15) is 5.56 Å². The second kappa shape index (κ2) is 4.32. The lowest BCUT2D eigenvalue weighted by atomic mass is 10.2. The van der Waals surface area contributed by atoms with Gasteiger partial charge in [0.05, 0.1) is 4.90 Å². The van der Waals surface area contributed by atoms with E-state index in [2.05, 4.69) is 15.9 Å². The highest BCUT2D eigenvalue weighted by molar-refractivity contribution is 9.10. The fraction of sp³-hybridized carbons (Fsp3) is 0.222. The largest absolute Gasteiger partial charge is 0.369 e. The minimum atomic E-state index is -3.63. The van der Waals surface area contributed by atoms with Crippen molar-refractivity contribution in [2.24, 2.45) is 5.73 Å². The van der Waals surface area contributed by atoms with E-state index in [0.717, 1.165) is 5.56 Å². The zero-order valence-electron chi connectivity index (χ0n) is 8.03. The van der Waals surface area contributed by atoms with E-state index >= 15 is 0 Å². The Hall–Kier alpha value is -0.880. The molecule has 2 N–H and O–H groups in total. The Morgan fingerprint density at radius 2 is 2.07 bits per heavy atom. The lowest BCUT2D eigenvalue weighted by Gasteiger charge is -2.05. The molecule has 1 rings (SSSR count). The van der Waals surface area contributed by atoms with Gasteiger partial charge in [0.1, 0.15) is 5.75 Å². The first kappa shape index (κ1) is 12.2. The molecule has 0 aliphatic rings. The van der Waals surface area contributed by atoms with Crippen molar-refractivity contribution in [1.29, 1.82) is 0 Å². The van der Waals surface area contributed by atoms with Crippen LogP contribution in [0.25, 0.3) is 0 Å². The average Bonchev–Trinajstić information content (AvgIpc) is 1.99. The van der Waals surface area contributed by atoms with Crippen LogP contribution in [0.15, 0.2) is 27.6 Å². The molecule has 1 amide bonds. The highest BCUT2D eigenvalue weighted by Crippen LogP contribution is 2.23. The zero-order valence-corrected chi connectivity index (χ0v) is 10.4. The van der Waals surface area contributed by atoms with Gasteiger partial charge in [-0.3, -0.25) is 4.79 Å². The number of halogens is 1. The molecule has 0 unspecified atom stereocenters. The van der Waals surface area contributed by atoms with Gasteiger partial charge < -0.3 is 5.73 Å². The molecule has 0 saturated heterocycles. The van der Waals surface area contributed by atoms with Gasteiger partial charge in [0.2, 0.25) is 5.91 Å². The summed E-state index contributed by atoms with van der Waals surface area (Å²) in [6.45, 7) is 1.84. The van der Waals surface area contributed by atoms with Crippen molar-refractivity contribution >= 4 is 31.7 Å². The second-order valence-corrected chi connectivity index (χ2v) is 5.97. The van der Waals surface area contributed by atoms with Gasteiger partial charge >= 0.3 is 0 Å². The molecule has 0 aromatic heterocycles. The van der Waals surface area contributed by atoms with E-state index in [0.29, 0.717) is 4.47 Å². The average molecular weight is 292 g/mol. The van der Waals surface area contributed by atoms with E-state index in [1.54, 1.807) is 12.1 Å². The summed E-state index contributed by atoms with van der Waals surface area (Å²) < 4.78 is 23.7. The number of hydrogen-bond acceptors (Lipinski definition) is 3. The molecule has 15 heavy (non-hydrogen) atoms. The van der Waals surface area contributed by atoms with Crippen LogP contribution in [0, 0.1) is 6.92 Å². The molecule has 1 aromatic rings. The fourth-order valence-electron chi connectivity index (χ4n) is 1.12. The molecule has 0 heterocycles. The molecule has 0 bridgehead atoms.